The molecule has 0 bridgehead atoms. The summed E-state index contributed by atoms with van der Waals surface area (Å²) in [7, 11) is 0. The van der Waals surface area contributed by atoms with Gasteiger partial charge in [0.05, 0.1) is 17.6 Å². The largest absolute Gasteiger partial charge is 0.366 e. The van der Waals surface area contributed by atoms with E-state index in [0.29, 0.717) is 29.8 Å². The van der Waals surface area contributed by atoms with Crippen molar-refractivity contribution in [2.24, 2.45) is 5.73 Å². The van der Waals surface area contributed by atoms with Gasteiger partial charge >= 0.3 is 0 Å². The Morgan fingerprint density at radius 1 is 1.40 bits per heavy atom. The second kappa shape index (κ2) is 7.15. The summed E-state index contributed by atoms with van der Waals surface area (Å²) in [5.74, 6) is -0.858. The summed E-state index contributed by atoms with van der Waals surface area (Å²) in [5, 5.41) is 9.34. The van der Waals surface area contributed by atoms with E-state index in [9.17, 15) is 14.0 Å². The van der Waals surface area contributed by atoms with Gasteiger partial charge in [0, 0.05) is 11.1 Å². The first kappa shape index (κ1) is 19.9. The van der Waals surface area contributed by atoms with Gasteiger partial charge in [0.15, 0.2) is 5.11 Å². The van der Waals surface area contributed by atoms with E-state index < -0.39 is 18.1 Å². The number of carbonyl (C=O) groups excluding carboxylic acids is 2. The molecule has 2 heterocycles. The summed E-state index contributed by atoms with van der Waals surface area (Å²) in [4.78, 5) is 32.2. The number of alkyl halides is 1. The van der Waals surface area contributed by atoms with Crippen molar-refractivity contribution in [3.8, 4) is 6.07 Å². The van der Waals surface area contributed by atoms with Gasteiger partial charge in [0.1, 0.15) is 24.0 Å². The lowest BCUT2D eigenvalue weighted by Crippen LogP contribution is -2.55. The number of aromatic nitrogens is 1. The summed E-state index contributed by atoms with van der Waals surface area (Å²) < 4.78 is 13.9. The van der Waals surface area contributed by atoms with Gasteiger partial charge in [-0.05, 0) is 68.2 Å². The van der Waals surface area contributed by atoms with E-state index in [2.05, 4.69) is 4.98 Å². The van der Waals surface area contributed by atoms with Crippen molar-refractivity contribution >= 4 is 40.5 Å². The molecular weight excluding hydrogens is 405 g/mol. The average molecular weight is 423 g/mol. The molecule has 4 rings (SSSR count). The van der Waals surface area contributed by atoms with Gasteiger partial charge in [-0.3, -0.25) is 14.5 Å². The molecule has 152 valence electrons. The van der Waals surface area contributed by atoms with Crippen LogP contribution in [0.25, 0.3) is 0 Å². The first-order chi connectivity index (χ1) is 14.3. The first-order valence-electron chi connectivity index (χ1n) is 9.38. The second-order valence-electron chi connectivity index (χ2n) is 7.46. The molecule has 1 aliphatic carbocycles. The number of nitrogens with zero attached hydrogens (tertiary/aromatic N) is 4. The topological polar surface area (TPSA) is 103 Å². The fourth-order valence-electron chi connectivity index (χ4n) is 4.05. The van der Waals surface area contributed by atoms with Crippen LogP contribution in [0.5, 0.6) is 0 Å². The van der Waals surface area contributed by atoms with Crippen molar-refractivity contribution in [2.75, 3.05) is 9.80 Å². The zero-order valence-electron chi connectivity index (χ0n) is 16.2. The maximum absolute atomic E-state index is 13.9. The molecule has 1 saturated heterocycles. The minimum atomic E-state index is -0.892. The number of thiocarbonyl (C=S) groups is 1. The summed E-state index contributed by atoms with van der Waals surface area (Å²) in [6.45, 7) is 0.899. The van der Waals surface area contributed by atoms with E-state index in [1.807, 2.05) is 6.07 Å². The third-order valence-electron chi connectivity index (χ3n) is 5.77. The molecule has 1 aromatic heterocycles. The van der Waals surface area contributed by atoms with Crippen LogP contribution in [0.2, 0.25) is 0 Å². The number of aryl methyl sites for hydroxylation is 1. The highest BCUT2D eigenvalue weighted by molar-refractivity contribution is 7.81. The van der Waals surface area contributed by atoms with Crippen molar-refractivity contribution in [1.29, 1.82) is 5.26 Å². The van der Waals surface area contributed by atoms with Crippen molar-refractivity contribution in [3.05, 3.63) is 52.8 Å². The van der Waals surface area contributed by atoms with Crippen LogP contribution in [-0.4, -0.2) is 27.4 Å². The number of anilines is 2. The fraction of sp³-hybridized carbons (Fsp3) is 0.286. The molecule has 9 heteroatoms. The predicted octanol–water partition coefficient (Wildman–Crippen LogP) is 2.89. The van der Waals surface area contributed by atoms with Crippen LogP contribution in [0.15, 0.2) is 30.5 Å². The molecule has 2 aliphatic rings. The minimum absolute atomic E-state index is 0.189. The summed E-state index contributed by atoms with van der Waals surface area (Å²) in [6.07, 6.45) is 3.44. The second-order valence-corrected chi connectivity index (χ2v) is 7.82. The Morgan fingerprint density at radius 3 is 2.67 bits per heavy atom. The van der Waals surface area contributed by atoms with E-state index >= 15 is 0 Å². The van der Waals surface area contributed by atoms with E-state index in [1.165, 1.54) is 23.2 Å². The number of pyridine rings is 1. The number of halogens is 1. The minimum Gasteiger partial charge on any atom is -0.366 e. The molecule has 1 aromatic carbocycles. The van der Waals surface area contributed by atoms with E-state index in [4.69, 9.17) is 23.2 Å². The smallest absolute Gasteiger partial charge is 0.259 e. The molecule has 2 amide bonds. The van der Waals surface area contributed by atoms with E-state index in [1.54, 1.807) is 24.0 Å². The third kappa shape index (κ3) is 2.75. The Hall–Kier alpha value is -3.38. The summed E-state index contributed by atoms with van der Waals surface area (Å²) in [5.41, 5.74) is 6.67. The van der Waals surface area contributed by atoms with Gasteiger partial charge in [0.25, 0.3) is 5.91 Å². The zero-order chi connectivity index (χ0) is 21.6. The molecule has 2 aromatic rings. The molecule has 1 aliphatic heterocycles. The van der Waals surface area contributed by atoms with Gasteiger partial charge in [-0.25, -0.2) is 9.37 Å². The molecule has 0 radical (unpaired) electrons. The van der Waals surface area contributed by atoms with Crippen molar-refractivity contribution in [1.82, 2.24) is 4.98 Å². The molecule has 7 nitrogen and oxygen atoms in total. The number of carbonyl (C=O) groups is 2. The SMILES string of the molecule is Cc1cc(N2C(=O)C3(CCC3)N(c3ccc(C(N)=O)cc3CF)C2=S)cnc1C#N. The summed E-state index contributed by atoms with van der Waals surface area (Å²) >= 11 is 5.67. The number of rotatable bonds is 4. The lowest BCUT2D eigenvalue weighted by atomic mass is 9.75. The highest BCUT2D eigenvalue weighted by Gasteiger charge is 2.60. The van der Waals surface area contributed by atoms with Crippen LogP contribution in [0, 0.1) is 18.3 Å². The van der Waals surface area contributed by atoms with Crippen molar-refractivity contribution < 1.29 is 14.0 Å². The highest BCUT2D eigenvalue weighted by Crippen LogP contribution is 2.48. The molecule has 1 spiro atoms. The Balaban J connectivity index is 1.83. The van der Waals surface area contributed by atoms with Crippen LogP contribution < -0.4 is 15.5 Å². The number of hydrogen-bond acceptors (Lipinski definition) is 5. The number of primary amides is 1. The molecule has 2 fully saturated rings. The number of benzene rings is 1. The monoisotopic (exact) mass is 423 g/mol. The van der Waals surface area contributed by atoms with Gasteiger partial charge in [-0.2, -0.15) is 5.26 Å². The molecule has 2 N–H and O–H groups in total. The number of nitriles is 1. The zero-order valence-corrected chi connectivity index (χ0v) is 17.0. The third-order valence-corrected chi connectivity index (χ3v) is 6.13. The van der Waals surface area contributed by atoms with Crippen LogP contribution in [0.3, 0.4) is 0 Å². The van der Waals surface area contributed by atoms with Gasteiger partial charge in [-0.15, -0.1) is 0 Å². The Kier molecular flexibility index (Phi) is 4.74. The predicted molar refractivity (Wildman–Crippen MR) is 113 cm³/mol. The van der Waals surface area contributed by atoms with Crippen LogP contribution in [0.4, 0.5) is 15.8 Å². The normalized spacial score (nSPS) is 17.2. The quantitative estimate of drug-likeness (QED) is 0.759. The van der Waals surface area contributed by atoms with Gasteiger partial charge < -0.3 is 10.6 Å². The van der Waals surface area contributed by atoms with Crippen molar-refractivity contribution in [2.45, 2.75) is 38.4 Å². The molecule has 0 atom stereocenters. The standard InChI is InChI=1S/C21H18FN5O2S/c1-12-7-15(11-25-16(12)10-23)26-19(29)21(5-2-6-21)27(20(26)30)17-4-3-13(18(24)28)8-14(17)9-22/h3-4,7-8,11H,2,5-6,9H2,1H3,(H2,24,28). The van der Waals surface area contributed by atoms with Gasteiger partial charge in [0.2, 0.25) is 5.91 Å². The van der Waals surface area contributed by atoms with Crippen LogP contribution in [0.1, 0.15) is 46.4 Å². The highest BCUT2D eigenvalue weighted by atomic mass is 32.1. The Labute approximate surface area is 177 Å². The van der Waals surface area contributed by atoms with E-state index in [0.717, 1.165) is 6.42 Å². The number of nitrogens with two attached hydrogens (primary N) is 1. The maximum atomic E-state index is 13.9. The molecule has 0 unspecified atom stereocenters. The molecular formula is C21H18FN5O2S. The van der Waals surface area contributed by atoms with Gasteiger partial charge in [-0.1, -0.05) is 0 Å². The number of hydrogen-bond donors (Lipinski definition) is 1. The van der Waals surface area contributed by atoms with E-state index in [-0.39, 0.29) is 27.8 Å². The average Bonchev–Trinajstić information content (AvgIpc) is 2.94. The molecule has 1 saturated carbocycles. The lowest BCUT2D eigenvalue weighted by molar-refractivity contribution is -0.123. The molecule has 30 heavy (non-hydrogen) atoms. The first-order valence-corrected chi connectivity index (χ1v) is 9.79. The Bertz CT molecular complexity index is 1140. The summed E-state index contributed by atoms with van der Waals surface area (Å²) in [6, 6.07) is 8.18. The maximum Gasteiger partial charge on any atom is 0.259 e. The van der Waals surface area contributed by atoms with Crippen LogP contribution in [-0.2, 0) is 11.5 Å². The fourth-order valence-corrected chi connectivity index (χ4v) is 4.51. The lowest BCUT2D eigenvalue weighted by Gasteiger charge is -2.43. The van der Waals surface area contributed by atoms with Crippen LogP contribution >= 0.6 is 12.2 Å². The number of amides is 2. The van der Waals surface area contributed by atoms with Crippen molar-refractivity contribution in [3.63, 3.8) is 0 Å². The Morgan fingerprint density at radius 2 is 2.13 bits per heavy atom.